The minimum absolute atomic E-state index is 0.0295. The Morgan fingerprint density at radius 2 is 2.20 bits per heavy atom. The molecule has 2 aromatic heterocycles. The van der Waals surface area contributed by atoms with Crippen molar-refractivity contribution >= 4 is 16.8 Å². The fraction of sp³-hybridized carbons (Fsp3) is 0.389. The summed E-state index contributed by atoms with van der Waals surface area (Å²) in [5.41, 5.74) is 1.58. The molecule has 1 amide bonds. The summed E-state index contributed by atoms with van der Waals surface area (Å²) in [5.74, 6) is 0.793. The lowest BCUT2D eigenvalue weighted by atomic mass is 10.1. The number of H-pyrrole nitrogens is 1. The Hall–Kier alpha value is -2.83. The van der Waals surface area contributed by atoms with Crippen molar-refractivity contribution in [2.24, 2.45) is 0 Å². The van der Waals surface area contributed by atoms with Crippen LogP contribution in [0, 0.1) is 0 Å². The number of aromatic amines is 1. The number of carbonyl (C=O) groups excluding carboxylic acids is 1. The molecule has 3 aromatic rings. The molecule has 0 atom stereocenters. The van der Waals surface area contributed by atoms with Crippen molar-refractivity contribution in [2.45, 2.75) is 38.8 Å². The predicted octanol–water partition coefficient (Wildman–Crippen LogP) is 1.68. The maximum Gasteiger partial charge on any atom is 0.345 e. The zero-order valence-electron chi connectivity index (χ0n) is 14.0. The van der Waals surface area contributed by atoms with Crippen LogP contribution in [0.1, 0.15) is 35.4 Å². The highest BCUT2D eigenvalue weighted by atomic mass is 16.2. The predicted molar refractivity (Wildman–Crippen MR) is 94.7 cm³/mol. The normalized spacial score (nSPS) is 13.8. The summed E-state index contributed by atoms with van der Waals surface area (Å²) in [6.07, 6.45) is 5.51. The fourth-order valence-corrected chi connectivity index (χ4v) is 3.40. The fourth-order valence-electron chi connectivity index (χ4n) is 3.40. The van der Waals surface area contributed by atoms with Gasteiger partial charge in [0.05, 0.1) is 0 Å². The molecule has 7 heteroatoms. The summed E-state index contributed by atoms with van der Waals surface area (Å²) in [6, 6.07) is 7.53. The van der Waals surface area contributed by atoms with Gasteiger partial charge in [-0.25, -0.2) is 9.48 Å². The zero-order chi connectivity index (χ0) is 17.2. The van der Waals surface area contributed by atoms with Crippen LogP contribution in [-0.2, 0) is 19.5 Å². The van der Waals surface area contributed by atoms with Crippen molar-refractivity contribution in [1.29, 1.82) is 0 Å². The maximum atomic E-state index is 12.4. The number of amides is 1. The molecule has 1 aromatic carbocycles. The molecule has 1 aliphatic rings. The summed E-state index contributed by atoms with van der Waals surface area (Å²) in [6.45, 7) is 1.80. The minimum Gasteiger partial charge on any atom is -0.361 e. The SMILES string of the molecule is O=C(NCCCn1nc2n(c1=O)CCCC2)c1cccc2[nH]ccc12. The van der Waals surface area contributed by atoms with E-state index in [1.54, 1.807) is 4.57 Å². The summed E-state index contributed by atoms with van der Waals surface area (Å²) in [7, 11) is 0. The molecule has 0 saturated heterocycles. The van der Waals surface area contributed by atoms with Gasteiger partial charge in [-0.1, -0.05) is 6.07 Å². The van der Waals surface area contributed by atoms with E-state index in [0.717, 1.165) is 42.5 Å². The Kier molecular flexibility index (Phi) is 4.13. The number of carbonyl (C=O) groups is 1. The summed E-state index contributed by atoms with van der Waals surface area (Å²) < 4.78 is 3.30. The lowest BCUT2D eigenvalue weighted by molar-refractivity contribution is 0.0954. The lowest BCUT2D eigenvalue weighted by Gasteiger charge is -2.09. The first-order valence-electron chi connectivity index (χ1n) is 8.75. The number of fused-ring (bicyclic) bond motifs is 2. The average Bonchev–Trinajstić information content (AvgIpc) is 3.23. The van der Waals surface area contributed by atoms with Crippen LogP contribution in [0.3, 0.4) is 0 Å². The average molecular weight is 339 g/mol. The first-order chi connectivity index (χ1) is 12.2. The van der Waals surface area contributed by atoms with Gasteiger partial charge in [0.1, 0.15) is 5.82 Å². The number of benzene rings is 1. The first-order valence-corrected chi connectivity index (χ1v) is 8.75. The Morgan fingerprint density at radius 1 is 1.28 bits per heavy atom. The third-order valence-electron chi connectivity index (χ3n) is 4.70. The van der Waals surface area contributed by atoms with Gasteiger partial charge in [0.2, 0.25) is 0 Å². The van der Waals surface area contributed by atoms with E-state index in [2.05, 4.69) is 15.4 Å². The highest BCUT2D eigenvalue weighted by molar-refractivity contribution is 6.06. The van der Waals surface area contributed by atoms with Crippen LogP contribution in [0.4, 0.5) is 0 Å². The van der Waals surface area contributed by atoms with E-state index < -0.39 is 0 Å². The van der Waals surface area contributed by atoms with Gasteiger partial charge in [0.25, 0.3) is 5.91 Å². The summed E-state index contributed by atoms with van der Waals surface area (Å²) in [4.78, 5) is 27.7. The topological polar surface area (TPSA) is 84.7 Å². The van der Waals surface area contributed by atoms with E-state index in [1.807, 2.05) is 30.5 Å². The van der Waals surface area contributed by atoms with Crippen LogP contribution in [0.25, 0.3) is 10.9 Å². The second-order valence-electron chi connectivity index (χ2n) is 6.38. The van der Waals surface area contributed by atoms with Crippen molar-refractivity contribution in [3.8, 4) is 0 Å². The van der Waals surface area contributed by atoms with E-state index in [0.29, 0.717) is 25.1 Å². The summed E-state index contributed by atoms with van der Waals surface area (Å²) in [5, 5.41) is 8.25. The van der Waals surface area contributed by atoms with Gasteiger partial charge < -0.3 is 10.3 Å². The van der Waals surface area contributed by atoms with Crippen molar-refractivity contribution in [3.05, 3.63) is 52.3 Å². The highest BCUT2D eigenvalue weighted by Crippen LogP contribution is 2.17. The molecule has 25 heavy (non-hydrogen) atoms. The molecular weight excluding hydrogens is 318 g/mol. The quantitative estimate of drug-likeness (QED) is 0.694. The van der Waals surface area contributed by atoms with Crippen LogP contribution in [0.5, 0.6) is 0 Å². The summed E-state index contributed by atoms with van der Waals surface area (Å²) >= 11 is 0. The van der Waals surface area contributed by atoms with Crippen LogP contribution in [-0.4, -0.2) is 31.8 Å². The number of nitrogens with one attached hydrogen (secondary N) is 2. The molecule has 1 aliphatic heterocycles. The number of hydrogen-bond acceptors (Lipinski definition) is 3. The van der Waals surface area contributed by atoms with Gasteiger partial charge in [-0.05, 0) is 37.5 Å². The first kappa shape index (κ1) is 15.7. The monoisotopic (exact) mass is 339 g/mol. The van der Waals surface area contributed by atoms with Crippen molar-refractivity contribution in [2.75, 3.05) is 6.54 Å². The molecular formula is C18H21N5O2. The Bertz CT molecular complexity index is 965. The third kappa shape index (κ3) is 2.97. The molecule has 130 valence electrons. The van der Waals surface area contributed by atoms with Gasteiger partial charge in [-0.3, -0.25) is 9.36 Å². The molecule has 0 spiro atoms. The van der Waals surface area contributed by atoms with E-state index in [1.165, 1.54) is 4.68 Å². The van der Waals surface area contributed by atoms with Gasteiger partial charge >= 0.3 is 5.69 Å². The lowest BCUT2D eigenvalue weighted by Crippen LogP contribution is -2.29. The van der Waals surface area contributed by atoms with Crippen LogP contribution in [0.2, 0.25) is 0 Å². The minimum atomic E-state index is -0.0957. The van der Waals surface area contributed by atoms with Crippen LogP contribution < -0.4 is 11.0 Å². The molecule has 4 rings (SSSR count). The number of aromatic nitrogens is 4. The van der Waals surface area contributed by atoms with Crippen molar-refractivity contribution < 1.29 is 4.79 Å². The second-order valence-corrected chi connectivity index (χ2v) is 6.38. The van der Waals surface area contributed by atoms with Gasteiger partial charge in [0, 0.05) is 48.7 Å². The Morgan fingerprint density at radius 3 is 3.08 bits per heavy atom. The largest absolute Gasteiger partial charge is 0.361 e. The number of rotatable bonds is 5. The van der Waals surface area contributed by atoms with Crippen LogP contribution in [0.15, 0.2) is 35.3 Å². The van der Waals surface area contributed by atoms with E-state index in [-0.39, 0.29) is 11.6 Å². The molecule has 3 heterocycles. The highest BCUT2D eigenvalue weighted by Gasteiger charge is 2.16. The molecule has 0 unspecified atom stereocenters. The molecule has 7 nitrogen and oxygen atoms in total. The Labute approximate surface area is 144 Å². The smallest absolute Gasteiger partial charge is 0.345 e. The Balaban J connectivity index is 1.35. The van der Waals surface area contributed by atoms with Gasteiger partial charge in [-0.15, -0.1) is 0 Å². The molecule has 0 bridgehead atoms. The van der Waals surface area contributed by atoms with Gasteiger partial charge in [0.15, 0.2) is 0 Å². The maximum absolute atomic E-state index is 12.4. The number of aryl methyl sites for hydroxylation is 2. The molecule has 0 fully saturated rings. The third-order valence-corrected chi connectivity index (χ3v) is 4.70. The van der Waals surface area contributed by atoms with E-state index >= 15 is 0 Å². The second kappa shape index (κ2) is 6.58. The van der Waals surface area contributed by atoms with Crippen LogP contribution >= 0.6 is 0 Å². The van der Waals surface area contributed by atoms with E-state index in [4.69, 9.17) is 0 Å². The van der Waals surface area contributed by atoms with Crippen molar-refractivity contribution in [1.82, 2.24) is 24.6 Å². The van der Waals surface area contributed by atoms with E-state index in [9.17, 15) is 9.59 Å². The molecule has 0 aliphatic carbocycles. The molecule has 0 saturated carbocycles. The molecule has 0 radical (unpaired) electrons. The van der Waals surface area contributed by atoms with Gasteiger partial charge in [-0.2, -0.15) is 5.10 Å². The van der Waals surface area contributed by atoms with Crippen molar-refractivity contribution in [3.63, 3.8) is 0 Å². The number of hydrogen-bond donors (Lipinski definition) is 2. The standard InChI is InChI=1S/C18H21N5O2/c24-17(14-5-3-6-15-13(14)8-10-19-15)20-9-4-12-23-18(25)22-11-2-1-7-16(22)21-23/h3,5-6,8,10,19H,1-2,4,7,9,11-12H2,(H,20,24). The zero-order valence-corrected chi connectivity index (χ0v) is 14.0. The number of nitrogens with zero attached hydrogens (tertiary/aromatic N) is 3. The molecule has 2 N–H and O–H groups in total.